The Morgan fingerprint density at radius 3 is 2.83 bits per heavy atom. The molecule has 0 spiro atoms. The molecule has 18 heavy (non-hydrogen) atoms. The van der Waals surface area contributed by atoms with Crippen LogP contribution >= 0.6 is 15.9 Å². The number of aryl methyl sites for hydroxylation is 1. The highest BCUT2D eigenvalue weighted by atomic mass is 79.9. The predicted octanol–water partition coefficient (Wildman–Crippen LogP) is 2.28. The van der Waals surface area contributed by atoms with Crippen molar-refractivity contribution < 1.29 is 14.3 Å². The Labute approximate surface area is 114 Å². The fourth-order valence-corrected chi connectivity index (χ4v) is 2.40. The van der Waals surface area contributed by atoms with E-state index in [0.717, 1.165) is 15.7 Å². The molecule has 1 saturated heterocycles. The molecule has 4 nitrogen and oxygen atoms in total. The van der Waals surface area contributed by atoms with Crippen LogP contribution in [0.2, 0.25) is 0 Å². The number of hydrogen-bond donors (Lipinski definition) is 0. The number of anilines is 1. The van der Waals surface area contributed by atoms with E-state index in [1.807, 2.05) is 25.1 Å². The second-order valence-corrected chi connectivity index (χ2v) is 5.22. The second kappa shape index (κ2) is 5.10. The molecule has 2 rings (SSSR count). The molecule has 0 saturated carbocycles. The molecule has 0 N–H and O–H groups in total. The van der Waals surface area contributed by atoms with Gasteiger partial charge in [0.1, 0.15) is 0 Å². The number of nitrogens with zero attached hydrogens (tertiary/aromatic N) is 1. The van der Waals surface area contributed by atoms with Crippen LogP contribution in [0.1, 0.15) is 12.0 Å². The maximum absolute atomic E-state index is 11.9. The number of hydrogen-bond acceptors (Lipinski definition) is 3. The van der Waals surface area contributed by atoms with Crippen molar-refractivity contribution in [1.29, 1.82) is 0 Å². The Bertz CT molecular complexity index is 501. The summed E-state index contributed by atoms with van der Waals surface area (Å²) in [6.07, 6.45) is 0.220. The first-order valence-corrected chi connectivity index (χ1v) is 6.46. The van der Waals surface area contributed by atoms with Gasteiger partial charge in [-0.15, -0.1) is 0 Å². The number of benzene rings is 1. The highest BCUT2D eigenvalue weighted by molar-refractivity contribution is 9.10. The molecule has 1 aromatic rings. The predicted molar refractivity (Wildman–Crippen MR) is 71.4 cm³/mol. The van der Waals surface area contributed by atoms with Gasteiger partial charge in [0.15, 0.2) is 0 Å². The normalized spacial score (nSPS) is 19.2. The molecular formula is C13H14BrNO3. The van der Waals surface area contributed by atoms with E-state index in [1.54, 1.807) is 4.90 Å². The third-order valence-corrected chi connectivity index (χ3v) is 3.98. The molecule has 5 heteroatoms. The van der Waals surface area contributed by atoms with Crippen molar-refractivity contribution in [3.63, 3.8) is 0 Å². The summed E-state index contributed by atoms with van der Waals surface area (Å²) in [5.41, 5.74) is 1.92. The molecule has 1 aliphatic heterocycles. The van der Waals surface area contributed by atoms with E-state index in [1.165, 1.54) is 7.11 Å². The van der Waals surface area contributed by atoms with Crippen molar-refractivity contribution in [2.75, 3.05) is 18.6 Å². The third kappa shape index (κ3) is 2.41. The fraction of sp³-hybridized carbons (Fsp3) is 0.385. The molecule has 0 aromatic heterocycles. The summed E-state index contributed by atoms with van der Waals surface area (Å²) in [5.74, 6) is -0.722. The number of amides is 1. The van der Waals surface area contributed by atoms with E-state index in [4.69, 9.17) is 0 Å². The zero-order valence-electron chi connectivity index (χ0n) is 10.3. The topological polar surface area (TPSA) is 46.6 Å². The van der Waals surface area contributed by atoms with E-state index in [2.05, 4.69) is 20.7 Å². The first kappa shape index (κ1) is 13.1. The maximum atomic E-state index is 11.9. The van der Waals surface area contributed by atoms with Crippen LogP contribution in [0.25, 0.3) is 0 Å². The van der Waals surface area contributed by atoms with Gasteiger partial charge in [0.05, 0.1) is 13.0 Å². The zero-order valence-corrected chi connectivity index (χ0v) is 11.9. The van der Waals surface area contributed by atoms with Crippen molar-refractivity contribution >= 4 is 33.5 Å². The lowest BCUT2D eigenvalue weighted by Gasteiger charge is -2.17. The number of carbonyl (C=O) groups excluding carboxylic acids is 2. The molecule has 1 heterocycles. The minimum Gasteiger partial charge on any atom is -0.469 e. The molecule has 1 atom stereocenters. The fourth-order valence-electron chi connectivity index (χ4n) is 2.03. The average Bonchev–Trinajstić information content (AvgIpc) is 2.74. The van der Waals surface area contributed by atoms with E-state index in [-0.39, 0.29) is 24.2 Å². The van der Waals surface area contributed by atoms with Gasteiger partial charge in [0.2, 0.25) is 5.91 Å². The third-order valence-electron chi connectivity index (χ3n) is 3.13. The summed E-state index contributed by atoms with van der Waals surface area (Å²) in [6.45, 7) is 2.37. The van der Waals surface area contributed by atoms with Crippen LogP contribution in [0.4, 0.5) is 5.69 Å². The van der Waals surface area contributed by atoms with E-state index in [0.29, 0.717) is 6.54 Å². The Kier molecular flexibility index (Phi) is 3.71. The molecule has 1 unspecified atom stereocenters. The lowest BCUT2D eigenvalue weighted by Crippen LogP contribution is -2.26. The van der Waals surface area contributed by atoms with Gasteiger partial charge in [-0.1, -0.05) is 22.0 Å². The Balaban J connectivity index is 2.21. The Morgan fingerprint density at radius 1 is 1.50 bits per heavy atom. The quantitative estimate of drug-likeness (QED) is 0.787. The van der Waals surface area contributed by atoms with Gasteiger partial charge in [-0.25, -0.2) is 0 Å². The molecule has 1 fully saturated rings. The van der Waals surface area contributed by atoms with Gasteiger partial charge in [0, 0.05) is 23.1 Å². The molecular weight excluding hydrogens is 298 g/mol. The largest absolute Gasteiger partial charge is 0.469 e. The van der Waals surface area contributed by atoms with Crippen LogP contribution in [0.5, 0.6) is 0 Å². The SMILES string of the molecule is COC(=O)C1CC(=O)N(c2ccc(C)c(Br)c2)C1. The highest BCUT2D eigenvalue weighted by Gasteiger charge is 2.35. The number of methoxy groups -OCH3 is 1. The van der Waals surface area contributed by atoms with E-state index in [9.17, 15) is 9.59 Å². The van der Waals surface area contributed by atoms with E-state index >= 15 is 0 Å². The van der Waals surface area contributed by atoms with Crippen LogP contribution in [0.15, 0.2) is 22.7 Å². The summed E-state index contributed by atoms with van der Waals surface area (Å²) in [5, 5.41) is 0. The zero-order chi connectivity index (χ0) is 13.3. The van der Waals surface area contributed by atoms with Gasteiger partial charge in [-0.05, 0) is 24.6 Å². The standard InChI is InChI=1S/C13H14BrNO3/c1-8-3-4-10(6-11(8)14)15-7-9(5-12(15)16)13(17)18-2/h3-4,6,9H,5,7H2,1-2H3. The average molecular weight is 312 g/mol. The minimum absolute atomic E-state index is 0.0406. The molecule has 0 aliphatic carbocycles. The van der Waals surface area contributed by atoms with Crippen molar-refractivity contribution in [2.45, 2.75) is 13.3 Å². The lowest BCUT2D eigenvalue weighted by atomic mass is 10.1. The molecule has 1 aromatic carbocycles. The summed E-state index contributed by atoms with van der Waals surface area (Å²) in [7, 11) is 1.35. The number of carbonyl (C=O) groups is 2. The summed E-state index contributed by atoms with van der Waals surface area (Å²) in [6, 6.07) is 5.72. The van der Waals surface area contributed by atoms with Gasteiger partial charge in [-0.3, -0.25) is 9.59 Å². The van der Waals surface area contributed by atoms with Crippen LogP contribution < -0.4 is 4.90 Å². The molecule has 0 radical (unpaired) electrons. The number of halogens is 1. The molecule has 1 aliphatic rings. The van der Waals surface area contributed by atoms with Crippen LogP contribution in [-0.4, -0.2) is 25.5 Å². The second-order valence-electron chi connectivity index (χ2n) is 4.36. The van der Waals surface area contributed by atoms with Crippen molar-refractivity contribution in [3.8, 4) is 0 Å². The number of rotatable bonds is 2. The van der Waals surface area contributed by atoms with Crippen molar-refractivity contribution in [2.24, 2.45) is 5.92 Å². The van der Waals surface area contributed by atoms with Crippen LogP contribution in [0.3, 0.4) is 0 Å². The summed E-state index contributed by atoms with van der Waals surface area (Å²) >= 11 is 3.44. The summed E-state index contributed by atoms with van der Waals surface area (Å²) in [4.78, 5) is 25.0. The smallest absolute Gasteiger partial charge is 0.311 e. The molecule has 96 valence electrons. The van der Waals surface area contributed by atoms with E-state index < -0.39 is 0 Å². The number of esters is 1. The van der Waals surface area contributed by atoms with Crippen molar-refractivity contribution in [1.82, 2.24) is 0 Å². The lowest BCUT2D eigenvalue weighted by molar-refractivity contribution is -0.145. The Hall–Kier alpha value is -1.36. The van der Waals surface area contributed by atoms with Gasteiger partial charge < -0.3 is 9.64 Å². The highest BCUT2D eigenvalue weighted by Crippen LogP contribution is 2.29. The summed E-state index contributed by atoms with van der Waals surface area (Å²) < 4.78 is 5.64. The van der Waals surface area contributed by atoms with Crippen LogP contribution in [0, 0.1) is 12.8 Å². The monoisotopic (exact) mass is 311 g/mol. The van der Waals surface area contributed by atoms with Gasteiger partial charge in [0.25, 0.3) is 0 Å². The first-order chi connectivity index (χ1) is 8.52. The molecule has 0 bridgehead atoms. The van der Waals surface area contributed by atoms with Gasteiger partial charge in [-0.2, -0.15) is 0 Å². The minimum atomic E-state index is -0.359. The van der Waals surface area contributed by atoms with Crippen molar-refractivity contribution in [3.05, 3.63) is 28.2 Å². The maximum Gasteiger partial charge on any atom is 0.311 e. The Morgan fingerprint density at radius 2 is 2.22 bits per heavy atom. The van der Waals surface area contributed by atoms with Gasteiger partial charge >= 0.3 is 5.97 Å². The molecule has 1 amide bonds. The number of ether oxygens (including phenoxy) is 1. The first-order valence-electron chi connectivity index (χ1n) is 5.67. The van der Waals surface area contributed by atoms with Crippen LogP contribution in [-0.2, 0) is 14.3 Å².